The van der Waals surface area contributed by atoms with Gasteiger partial charge in [0, 0.05) is 17.6 Å². The topological polar surface area (TPSA) is 102 Å². The highest BCUT2D eigenvalue weighted by Crippen LogP contribution is 2.57. The number of nitriles is 1. The number of nitrogens with zero attached hydrogens (tertiary/aromatic N) is 2. The van der Waals surface area contributed by atoms with Crippen LogP contribution in [0.3, 0.4) is 0 Å². The Labute approximate surface area is 203 Å². The summed E-state index contributed by atoms with van der Waals surface area (Å²) >= 11 is 0. The lowest BCUT2D eigenvalue weighted by Crippen LogP contribution is -2.69. The molecule has 4 bridgehead atoms. The first kappa shape index (κ1) is 24.5. The molecule has 5 aliphatic rings. The second-order valence-corrected chi connectivity index (χ2v) is 12.6. The molecule has 0 radical (unpaired) electrons. The molecule has 3 atom stereocenters. The van der Waals surface area contributed by atoms with E-state index in [0.29, 0.717) is 38.3 Å². The van der Waals surface area contributed by atoms with Crippen LogP contribution in [-0.2, 0) is 21.0 Å². The standard InChI is InChI=1S/C24H29F3N4O3S/c25-24(26,27)18-3-1-5-20(8-18)35(33,34)30-23-11-16-7-17(12-23)10-22(9-16,15-23)29-14-21(32)31-6-2-4-19(31)13-28/h1,3,5,8,16-17,19,29-30H,2,4,6-7,9-12,14-15H2/t16?,17?,19-,22?,23?/m1/s1. The van der Waals surface area contributed by atoms with Gasteiger partial charge in [-0.3, -0.25) is 4.79 Å². The molecule has 1 aliphatic heterocycles. The molecular formula is C24H29F3N4O3S. The number of nitrogens with one attached hydrogen (secondary N) is 2. The quantitative estimate of drug-likeness (QED) is 0.612. The van der Waals surface area contributed by atoms with Gasteiger partial charge in [-0.1, -0.05) is 6.07 Å². The van der Waals surface area contributed by atoms with Crippen molar-refractivity contribution in [3.63, 3.8) is 0 Å². The maximum Gasteiger partial charge on any atom is 0.416 e. The van der Waals surface area contributed by atoms with Crippen molar-refractivity contribution in [2.24, 2.45) is 11.8 Å². The van der Waals surface area contributed by atoms with Gasteiger partial charge in [-0.15, -0.1) is 0 Å². The molecule has 1 saturated heterocycles. The average Bonchev–Trinajstić information content (AvgIpc) is 3.24. The second kappa shape index (κ2) is 8.46. The largest absolute Gasteiger partial charge is 0.416 e. The summed E-state index contributed by atoms with van der Waals surface area (Å²) in [5.74, 6) is 0.437. The molecule has 1 aromatic rings. The van der Waals surface area contributed by atoms with Crippen molar-refractivity contribution in [1.82, 2.24) is 14.9 Å². The van der Waals surface area contributed by atoms with E-state index < -0.39 is 43.8 Å². The number of sulfonamides is 1. The van der Waals surface area contributed by atoms with Crippen LogP contribution >= 0.6 is 0 Å². The lowest BCUT2D eigenvalue weighted by Gasteiger charge is -2.62. The number of hydrogen-bond acceptors (Lipinski definition) is 5. The Morgan fingerprint density at radius 2 is 1.86 bits per heavy atom. The molecule has 2 unspecified atom stereocenters. The molecule has 11 heteroatoms. The van der Waals surface area contributed by atoms with Gasteiger partial charge in [-0.05, 0) is 81.4 Å². The Kier molecular flexibility index (Phi) is 5.93. The predicted molar refractivity (Wildman–Crippen MR) is 120 cm³/mol. The third-order valence-electron chi connectivity index (χ3n) is 8.22. The van der Waals surface area contributed by atoms with Crippen LogP contribution in [0.5, 0.6) is 0 Å². The molecule has 4 aliphatic carbocycles. The highest BCUT2D eigenvalue weighted by atomic mass is 32.2. The number of likely N-dealkylation sites (tertiary alicyclic amines) is 1. The number of rotatable bonds is 6. The number of benzene rings is 1. The fourth-order valence-electron chi connectivity index (χ4n) is 7.34. The lowest BCUT2D eigenvalue weighted by molar-refractivity contribution is -0.137. The fourth-order valence-corrected chi connectivity index (χ4v) is 8.80. The summed E-state index contributed by atoms with van der Waals surface area (Å²) in [6.07, 6.45) is 1.29. The Bertz CT molecular complexity index is 1150. The molecule has 4 saturated carbocycles. The molecule has 0 spiro atoms. The lowest BCUT2D eigenvalue weighted by atomic mass is 9.50. The van der Waals surface area contributed by atoms with Gasteiger partial charge in [0.15, 0.2) is 0 Å². The van der Waals surface area contributed by atoms with Crippen molar-refractivity contribution in [2.45, 2.75) is 79.6 Å². The van der Waals surface area contributed by atoms with Crippen LogP contribution < -0.4 is 10.0 Å². The van der Waals surface area contributed by atoms with Crippen molar-refractivity contribution >= 4 is 15.9 Å². The van der Waals surface area contributed by atoms with Crippen LogP contribution in [-0.4, -0.2) is 49.4 Å². The van der Waals surface area contributed by atoms with E-state index in [1.807, 2.05) is 0 Å². The summed E-state index contributed by atoms with van der Waals surface area (Å²) in [7, 11) is -4.18. The summed E-state index contributed by atoms with van der Waals surface area (Å²) < 4.78 is 68.7. The first-order chi connectivity index (χ1) is 16.4. The van der Waals surface area contributed by atoms with Crippen LogP contribution in [0.1, 0.15) is 56.9 Å². The van der Waals surface area contributed by atoms with Crippen LogP contribution in [0, 0.1) is 23.2 Å². The summed E-state index contributed by atoms with van der Waals surface area (Å²) in [4.78, 5) is 14.0. The second-order valence-electron chi connectivity index (χ2n) is 10.9. The molecule has 1 aromatic carbocycles. The van der Waals surface area contributed by atoms with Gasteiger partial charge in [-0.2, -0.15) is 18.4 Å². The van der Waals surface area contributed by atoms with Crippen LogP contribution in [0.25, 0.3) is 0 Å². The zero-order valence-electron chi connectivity index (χ0n) is 19.3. The number of carbonyl (C=O) groups is 1. The van der Waals surface area contributed by atoms with Crippen molar-refractivity contribution in [1.29, 1.82) is 5.26 Å². The van der Waals surface area contributed by atoms with Crippen LogP contribution in [0.4, 0.5) is 13.2 Å². The zero-order valence-corrected chi connectivity index (χ0v) is 20.1. The van der Waals surface area contributed by atoms with Crippen molar-refractivity contribution in [3.05, 3.63) is 29.8 Å². The zero-order chi connectivity index (χ0) is 25.1. The molecule has 6 rings (SSSR count). The van der Waals surface area contributed by atoms with Crippen LogP contribution in [0.15, 0.2) is 29.2 Å². The monoisotopic (exact) mass is 510 g/mol. The van der Waals surface area contributed by atoms with Crippen molar-refractivity contribution in [2.75, 3.05) is 13.1 Å². The van der Waals surface area contributed by atoms with E-state index in [1.54, 1.807) is 4.90 Å². The minimum absolute atomic E-state index is 0.0913. The molecule has 35 heavy (non-hydrogen) atoms. The molecule has 2 N–H and O–H groups in total. The third-order valence-corrected chi connectivity index (χ3v) is 9.80. The summed E-state index contributed by atoms with van der Waals surface area (Å²) in [6.45, 7) is 0.659. The number of carbonyl (C=O) groups excluding carboxylic acids is 1. The van der Waals surface area contributed by atoms with E-state index in [1.165, 1.54) is 6.07 Å². The van der Waals surface area contributed by atoms with E-state index in [4.69, 9.17) is 0 Å². The minimum Gasteiger partial charge on any atom is -0.326 e. The SMILES string of the molecule is N#C[C@H]1CCCN1C(=O)CNC12CC3CC(C1)CC(NS(=O)(=O)c1cccc(C(F)(F)F)c1)(C3)C2. The van der Waals surface area contributed by atoms with Gasteiger partial charge in [-0.25, -0.2) is 13.1 Å². The fraction of sp³-hybridized carbons (Fsp3) is 0.667. The maximum atomic E-state index is 13.2. The van der Waals surface area contributed by atoms with Crippen LogP contribution in [0.2, 0.25) is 0 Å². The van der Waals surface area contributed by atoms with Crippen molar-refractivity contribution < 1.29 is 26.4 Å². The highest BCUT2D eigenvalue weighted by molar-refractivity contribution is 7.89. The Hall–Kier alpha value is -2.16. The maximum absolute atomic E-state index is 13.2. The first-order valence-electron chi connectivity index (χ1n) is 12.1. The van der Waals surface area contributed by atoms with Gasteiger partial charge in [0.25, 0.3) is 0 Å². The van der Waals surface area contributed by atoms with Gasteiger partial charge in [0.2, 0.25) is 15.9 Å². The number of hydrogen-bond donors (Lipinski definition) is 2. The number of halogens is 3. The van der Waals surface area contributed by atoms with Gasteiger partial charge < -0.3 is 10.2 Å². The molecular weight excluding hydrogens is 481 g/mol. The molecule has 0 aromatic heterocycles. The van der Waals surface area contributed by atoms with E-state index in [9.17, 15) is 31.6 Å². The number of amides is 1. The van der Waals surface area contributed by atoms with E-state index in [-0.39, 0.29) is 24.3 Å². The van der Waals surface area contributed by atoms with Crippen molar-refractivity contribution in [3.8, 4) is 6.07 Å². The Morgan fingerprint density at radius 1 is 1.17 bits per heavy atom. The Balaban J connectivity index is 1.34. The molecule has 1 heterocycles. The van der Waals surface area contributed by atoms with E-state index in [0.717, 1.165) is 37.8 Å². The summed E-state index contributed by atoms with van der Waals surface area (Å²) in [5.41, 5.74) is -2.16. The number of alkyl halides is 3. The highest BCUT2D eigenvalue weighted by Gasteiger charge is 2.59. The normalized spacial score (nSPS) is 34.2. The Morgan fingerprint density at radius 3 is 2.51 bits per heavy atom. The molecule has 190 valence electrons. The smallest absolute Gasteiger partial charge is 0.326 e. The molecule has 5 fully saturated rings. The average molecular weight is 511 g/mol. The predicted octanol–water partition coefficient (Wildman–Crippen LogP) is 3.18. The molecule has 1 amide bonds. The first-order valence-corrected chi connectivity index (χ1v) is 13.6. The van der Waals surface area contributed by atoms with E-state index >= 15 is 0 Å². The minimum atomic E-state index is -4.63. The summed E-state index contributed by atoms with van der Waals surface area (Å²) in [6, 6.07) is 5.61. The van der Waals surface area contributed by atoms with E-state index in [2.05, 4.69) is 16.1 Å². The van der Waals surface area contributed by atoms with Gasteiger partial charge in [0.05, 0.1) is 23.1 Å². The molecule has 7 nitrogen and oxygen atoms in total. The van der Waals surface area contributed by atoms with Gasteiger partial charge in [0.1, 0.15) is 6.04 Å². The van der Waals surface area contributed by atoms with Gasteiger partial charge >= 0.3 is 6.18 Å². The third kappa shape index (κ3) is 4.68. The summed E-state index contributed by atoms with van der Waals surface area (Å²) in [5, 5.41) is 12.7.